The first-order valence-corrected chi connectivity index (χ1v) is 8.15. The van der Waals surface area contributed by atoms with E-state index >= 15 is 0 Å². The lowest BCUT2D eigenvalue weighted by molar-refractivity contribution is -0.123. The van der Waals surface area contributed by atoms with E-state index in [2.05, 4.69) is 11.4 Å². The molecule has 4 nitrogen and oxygen atoms in total. The molecule has 24 heavy (non-hydrogen) atoms. The minimum absolute atomic E-state index is 0.159. The van der Waals surface area contributed by atoms with Crippen molar-refractivity contribution in [3.05, 3.63) is 41.5 Å². The largest absolute Gasteiger partial charge is 0.354 e. The predicted molar refractivity (Wildman–Crippen MR) is 88.6 cm³/mol. The number of nitrogens with one attached hydrogen (secondary N) is 1. The van der Waals surface area contributed by atoms with Gasteiger partial charge in [-0.3, -0.25) is 9.59 Å². The van der Waals surface area contributed by atoms with Gasteiger partial charge < -0.3 is 10.2 Å². The maximum atomic E-state index is 13.3. The highest BCUT2D eigenvalue weighted by atomic mass is 19.2. The van der Waals surface area contributed by atoms with Gasteiger partial charge in [0, 0.05) is 25.2 Å². The normalized spacial score (nSPS) is 14.0. The van der Waals surface area contributed by atoms with Crippen molar-refractivity contribution < 1.29 is 18.4 Å². The number of carbonyl (C=O) groups excluding carboxylic acids is 2. The van der Waals surface area contributed by atoms with Crippen LogP contribution in [0, 0.1) is 11.6 Å². The second-order valence-corrected chi connectivity index (χ2v) is 5.91. The van der Waals surface area contributed by atoms with Crippen LogP contribution in [0.3, 0.4) is 0 Å². The van der Waals surface area contributed by atoms with Crippen molar-refractivity contribution in [2.75, 3.05) is 18.0 Å². The molecule has 130 valence electrons. The standard InChI is InChI=1S/C18H22F2N2O2/c1-13(23)22(15-7-8-16(19)17(20)11-15)12-18(24)21-10-9-14-5-3-2-4-6-14/h5,7-8,11H,2-4,6,9-10,12H2,1H3,(H,21,24). The molecule has 6 heteroatoms. The topological polar surface area (TPSA) is 49.4 Å². The molecule has 1 N–H and O–H groups in total. The molecule has 1 aromatic rings. The molecule has 0 fully saturated rings. The van der Waals surface area contributed by atoms with Crippen LogP contribution in [-0.4, -0.2) is 24.9 Å². The molecular formula is C18H22F2N2O2. The SMILES string of the molecule is CC(=O)N(CC(=O)NCCC1=CCCCC1)c1ccc(F)c(F)c1. The van der Waals surface area contributed by atoms with E-state index in [-0.39, 0.29) is 18.1 Å². The third kappa shape index (κ3) is 5.15. The number of carbonyl (C=O) groups is 2. The number of hydrogen-bond acceptors (Lipinski definition) is 2. The van der Waals surface area contributed by atoms with Crippen LogP contribution in [0.1, 0.15) is 39.0 Å². The predicted octanol–water partition coefficient (Wildman–Crippen LogP) is 3.32. The maximum Gasteiger partial charge on any atom is 0.240 e. The number of amides is 2. The summed E-state index contributed by atoms with van der Waals surface area (Å²) in [6.07, 6.45) is 7.60. The molecule has 2 rings (SSSR count). The van der Waals surface area contributed by atoms with Crippen molar-refractivity contribution in [1.82, 2.24) is 5.32 Å². The van der Waals surface area contributed by atoms with Gasteiger partial charge in [-0.15, -0.1) is 0 Å². The highest BCUT2D eigenvalue weighted by Gasteiger charge is 2.17. The van der Waals surface area contributed by atoms with E-state index in [1.54, 1.807) is 0 Å². The molecule has 0 saturated heterocycles. The van der Waals surface area contributed by atoms with E-state index in [9.17, 15) is 18.4 Å². The van der Waals surface area contributed by atoms with Crippen molar-refractivity contribution in [3.8, 4) is 0 Å². The zero-order valence-electron chi connectivity index (χ0n) is 13.8. The lowest BCUT2D eigenvalue weighted by Gasteiger charge is -2.21. The first kappa shape index (κ1) is 18.1. The molecule has 2 amide bonds. The highest BCUT2D eigenvalue weighted by molar-refractivity contribution is 5.97. The number of rotatable bonds is 6. The van der Waals surface area contributed by atoms with Crippen LogP contribution in [-0.2, 0) is 9.59 Å². The minimum Gasteiger partial charge on any atom is -0.354 e. The van der Waals surface area contributed by atoms with Crippen LogP contribution < -0.4 is 10.2 Å². The summed E-state index contributed by atoms with van der Waals surface area (Å²) >= 11 is 0. The third-order valence-corrected chi connectivity index (χ3v) is 4.05. The Balaban J connectivity index is 1.89. The summed E-state index contributed by atoms with van der Waals surface area (Å²) in [5.74, 6) is -2.78. The van der Waals surface area contributed by atoms with Crippen molar-refractivity contribution in [2.45, 2.75) is 39.0 Å². The van der Waals surface area contributed by atoms with Gasteiger partial charge in [0.15, 0.2) is 11.6 Å². The van der Waals surface area contributed by atoms with Crippen LogP contribution in [0.25, 0.3) is 0 Å². The Hall–Kier alpha value is -2.24. The number of halogens is 2. The quantitative estimate of drug-likeness (QED) is 0.810. The summed E-state index contributed by atoms with van der Waals surface area (Å²) in [6.45, 7) is 1.56. The molecule has 1 aliphatic rings. The van der Waals surface area contributed by atoms with E-state index in [4.69, 9.17) is 0 Å². The van der Waals surface area contributed by atoms with Crippen molar-refractivity contribution in [2.24, 2.45) is 0 Å². The summed E-state index contributed by atoms with van der Waals surface area (Å²) < 4.78 is 26.3. The Bertz CT molecular complexity index is 644. The fourth-order valence-corrected chi connectivity index (χ4v) is 2.73. The van der Waals surface area contributed by atoms with E-state index in [1.807, 2.05) is 0 Å². The van der Waals surface area contributed by atoms with Crippen LogP contribution in [0.4, 0.5) is 14.5 Å². The Morgan fingerprint density at radius 2 is 2.00 bits per heavy atom. The third-order valence-electron chi connectivity index (χ3n) is 4.05. The van der Waals surface area contributed by atoms with Gasteiger partial charge >= 0.3 is 0 Å². The Morgan fingerprint density at radius 3 is 2.62 bits per heavy atom. The molecule has 0 saturated carbocycles. The molecule has 0 aromatic heterocycles. The number of nitrogens with zero attached hydrogens (tertiary/aromatic N) is 1. The smallest absolute Gasteiger partial charge is 0.240 e. The molecule has 0 bridgehead atoms. The molecule has 1 aromatic carbocycles. The average molecular weight is 336 g/mol. The summed E-state index contributed by atoms with van der Waals surface area (Å²) in [7, 11) is 0. The van der Waals surface area contributed by atoms with Gasteiger partial charge in [-0.1, -0.05) is 11.6 Å². The fraction of sp³-hybridized carbons (Fsp3) is 0.444. The van der Waals surface area contributed by atoms with Gasteiger partial charge in [0.05, 0.1) is 0 Å². The van der Waals surface area contributed by atoms with E-state index < -0.39 is 17.5 Å². The molecule has 0 heterocycles. The molecule has 0 aliphatic heterocycles. The Morgan fingerprint density at radius 1 is 1.21 bits per heavy atom. The molecule has 0 radical (unpaired) electrons. The number of anilines is 1. The van der Waals surface area contributed by atoms with Crippen LogP contribution in [0.15, 0.2) is 29.8 Å². The number of allylic oxidation sites excluding steroid dienone is 1. The van der Waals surface area contributed by atoms with Gasteiger partial charge in [0.2, 0.25) is 11.8 Å². The van der Waals surface area contributed by atoms with Gasteiger partial charge in [-0.25, -0.2) is 8.78 Å². The molecular weight excluding hydrogens is 314 g/mol. The Labute approximate surface area is 140 Å². The van der Waals surface area contributed by atoms with Crippen LogP contribution in [0.5, 0.6) is 0 Å². The monoisotopic (exact) mass is 336 g/mol. The number of benzene rings is 1. The first-order valence-electron chi connectivity index (χ1n) is 8.15. The van der Waals surface area contributed by atoms with Gasteiger partial charge in [0.1, 0.15) is 6.54 Å². The Kier molecular flexibility index (Phi) is 6.46. The lowest BCUT2D eigenvalue weighted by atomic mass is 9.97. The first-order chi connectivity index (χ1) is 11.5. The van der Waals surface area contributed by atoms with E-state index in [0.29, 0.717) is 6.54 Å². The minimum atomic E-state index is -1.05. The van der Waals surface area contributed by atoms with Crippen LogP contribution in [0.2, 0.25) is 0 Å². The highest BCUT2D eigenvalue weighted by Crippen LogP contribution is 2.20. The van der Waals surface area contributed by atoms with Crippen molar-refractivity contribution >= 4 is 17.5 Å². The zero-order chi connectivity index (χ0) is 17.5. The summed E-state index contributed by atoms with van der Waals surface area (Å²) in [4.78, 5) is 24.9. The zero-order valence-corrected chi connectivity index (χ0v) is 13.8. The summed E-state index contributed by atoms with van der Waals surface area (Å²) in [6, 6.07) is 3.13. The molecule has 0 atom stereocenters. The second kappa shape index (κ2) is 8.57. The fourth-order valence-electron chi connectivity index (χ4n) is 2.73. The van der Waals surface area contributed by atoms with E-state index in [0.717, 1.165) is 36.3 Å². The lowest BCUT2D eigenvalue weighted by Crippen LogP contribution is -2.40. The van der Waals surface area contributed by atoms with Gasteiger partial charge in [0.25, 0.3) is 0 Å². The van der Waals surface area contributed by atoms with E-state index in [1.165, 1.54) is 31.4 Å². The summed E-state index contributed by atoms with van der Waals surface area (Å²) in [5, 5.41) is 2.77. The second-order valence-electron chi connectivity index (χ2n) is 5.91. The van der Waals surface area contributed by atoms with Gasteiger partial charge in [-0.05, 0) is 44.2 Å². The summed E-state index contributed by atoms with van der Waals surface area (Å²) in [5.41, 5.74) is 1.51. The van der Waals surface area contributed by atoms with Crippen molar-refractivity contribution in [3.63, 3.8) is 0 Å². The molecule has 1 aliphatic carbocycles. The molecule has 0 spiro atoms. The average Bonchev–Trinajstić information content (AvgIpc) is 2.56. The van der Waals surface area contributed by atoms with Crippen molar-refractivity contribution in [1.29, 1.82) is 0 Å². The number of hydrogen-bond donors (Lipinski definition) is 1. The van der Waals surface area contributed by atoms with Gasteiger partial charge in [-0.2, -0.15) is 0 Å². The maximum absolute atomic E-state index is 13.3. The van der Waals surface area contributed by atoms with Crippen LogP contribution >= 0.6 is 0 Å². The molecule has 0 unspecified atom stereocenters.